The molecule has 1 rings (SSSR count). The van der Waals surface area contributed by atoms with Crippen LogP contribution in [0.25, 0.3) is 0 Å². The molecule has 0 atom stereocenters. The van der Waals surface area contributed by atoms with Gasteiger partial charge in [0.15, 0.2) is 5.71 Å². The molecule has 0 amide bonds. The average Bonchev–Trinajstić information content (AvgIpc) is 2.24. The number of rotatable bonds is 3. The van der Waals surface area contributed by atoms with Crippen LogP contribution in [0.5, 0.6) is 5.75 Å². The Kier molecular flexibility index (Phi) is 3.76. The highest BCUT2D eigenvalue weighted by atomic mass is 19.4. The van der Waals surface area contributed by atoms with Crippen LogP contribution in [-0.2, 0) is 6.42 Å². The minimum Gasteiger partial charge on any atom is -0.497 e. The van der Waals surface area contributed by atoms with Crippen LogP contribution in [0.2, 0.25) is 0 Å². The molecule has 1 aromatic carbocycles. The number of nitrogens with zero attached hydrogens (tertiary/aromatic N) is 1. The summed E-state index contributed by atoms with van der Waals surface area (Å²) in [5, 5.41) is 10.5. The van der Waals surface area contributed by atoms with Gasteiger partial charge in [0.25, 0.3) is 0 Å². The Labute approximate surface area is 90.1 Å². The van der Waals surface area contributed by atoms with Crippen LogP contribution in [0.15, 0.2) is 29.4 Å². The Balaban J connectivity index is 2.87. The first-order chi connectivity index (χ1) is 7.47. The van der Waals surface area contributed by atoms with Gasteiger partial charge in [-0.25, -0.2) is 0 Å². The molecule has 0 aliphatic heterocycles. The fraction of sp³-hybridized carbons (Fsp3) is 0.300. The zero-order valence-electron chi connectivity index (χ0n) is 8.45. The lowest BCUT2D eigenvalue weighted by Gasteiger charge is -2.09. The molecule has 0 heterocycles. The zero-order chi connectivity index (χ0) is 12.2. The third-order valence-electron chi connectivity index (χ3n) is 1.95. The predicted molar refractivity (Wildman–Crippen MR) is 52.0 cm³/mol. The molecule has 3 nitrogen and oxygen atoms in total. The van der Waals surface area contributed by atoms with E-state index in [1.165, 1.54) is 19.2 Å². The number of alkyl halides is 3. The molecule has 1 N–H and O–H groups in total. The number of methoxy groups -OCH3 is 1. The number of ether oxygens (including phenoxy) is 1. The van der Waals surface area contributed by atoms with Crippen molar-refractivity contribution in [2.45, 2.75) is 12.6 Å². The minimum absolute atomic E-state index is 0.365. The van der Waals surface area contributed by atoms with E-state index < -0.39 is 18.3 Å². The second-order valence-corrected chi connectivity index (χ2v) is 3.07. The molecule has 0 fully saturated rings. The molecular formula is C10H10F3NO2. The van der Waals surface area contributed by atoms with Crippen molar-refractivity contribution in [3.05, 3.63) is 29.8 Å². The fourth-order valence-electron chi connectivity index (χ4n) is 1.17. The summed E-state index contributed by atoms with van der Waals surface area (Å²) in [5.41, 5.74) is -0.870. The molecule has 0 aliphatic carbocycles. The molecule has 0 saturated carbocycles. The maximum absolute atomic E-state index is 12.3. The first kappa shape index (κ1) is 12.4. The summed E-state index contributed by atoms with van der Waals surface area (Å²) in [5.74, 6) is 0.456. The molecular weight excluding hydrogens is 223 g/mol. The van der Waals surface area contributed by atoms with Crippen molar-refractivity contribution in [3.8, 4) is 5.75 Å². The van der Waals surface area contributed by atoms with Crippen LogP contribution < -0.4 is 4.74 Å². The number of oxime groups is 1. The summed E-state index contributed by atoms with van der Waals surface area (Å²) >= 11 is 0. The number of halogens is 3. The maximum atomic E-state index is 12.3. The largest absolute Gasteiger partial charge is 0.497 e. The van der Waals surface area contributed by atoms with Gasteiger partial charge in [0.05, 0.1) is 7.11 Å². The van der Waals surface area contributed by atoms with Gasteiger partial charge in [-0.05, 0) is 17.7 Å². The number of benzene rings is 1. The highest BCUT2D eigenvalue weighted by Crippen LogP contribution is 2.21. The Morgan fingerprint density at radius 3 is 2.62 bits per heavy atom. The van der Waals surface area contributed by atoms with Gasteiger partial charge in [-0.1, -0.05) is 17.3 Å². The quantitative estimate of drug-likeness (QED) is 0.495. The number of hydrogen-bond donors (Lipinski definition) is 1. The summed E-state index contributed by atoms with van der Waals surface area (Å²) in [6.45, 7) is 0. The van der Waals surface area contributed by atoms with Crippen LogP contribution >= 0.6 is 0 Å². The highest BCUT2D eigenvalue weighted by molar-refractivity contribution is 5.91. The van der Waals surface area contributed by atoms with Gasteiger partial charge in [-0.15, -0.1) is 0 Å². The van der Waals surface area contributed by atoms with Gasteiger partial charge in [-0.2, -0.15) is 13.2 Å². The molecule has 0 spiro atoms. The normalized spacial score (nSPS) is 12.6. The van der Waals surface area contributed by atoms with E-state index in [1.807, 2.05) is 0 Å². The molecule has 0 bridgehead atoms. The summed E-state index contributed by atoms with van der Waals surface area (Å²) < 4.78 is 41.7. The molecule has 16 heavy (non-hydrogen) atoms. The van der Waals surface area contributed by atoms with E-state index >= 15 is 0 Å². The van der Waals surface area contributed by atoms with E-state index in [1.54, 1.807) is 12.1 Å². The summed E-state index contributed by atoms with van der Waals surface area (Å²) in [6, 6.07) is 6.14. The van der Waals surface area contributed by atoms with Crippen molar-refractivity contribution >= 4 is 5.71 Å². The van der Waals surface area contributed by atoms with E-state index in [9.17, 15) is 13.2 Å². The minimum atomic E-state index is -4.63. The van der Waals surface area contributed by atoms with Crippen molar-refractivity contribution in [1.82, 2.24) is 0 Å². The maximum Gasteiger partial charge on any atom is 0.433 e. The molecule has 0 aliphatic rings. The van der Waals surface area contributed by atoms with Crippen LogP contribution in [0.4, 0.5) is 13.2 Å². The summed E-state index contributed by atoms with van der Waals surface area (Å²) in [7, 11) is 1.42. The molecule has 0 saturated heterocycles. The third kappa shape index (κ3) is 3.15. The fourth-order valence-corrected chi connectivity index (χ4v) is 1.17. The Bertz CT molecular complexity index is 388. The van der Waals surface area contributed by atoms with Crippen LogP contribution in [0, 0.1) is 0 Å². The standard InChI is InChI=1S/C10H10F3NO2/c1-16-8-4-2-3-7(5-8)6-9(14-15)10(11,12)13/h2-5,15H,6H2,1H3/b14-9-. The van der Waals surface area contributed by atoms with Gasteiger partial charge in [0.1, 0.15) is 5.75 Å². The van der Waals surface area contributed by atoms with E-state index in [-0.39, 0.29) is 0 Å². The van der Waals surface area contributed by atoms with E-state index in [0.29, 0.717) is 11.3 Å². The van der Waals surface area contributed by atoms with Crippen molar-refractivity contribution in [2.24, 2.45) is 5.16 Å². The summed E-state index contributed by atoms with van der Waals surface area (Å²) in [6.07, 6.45) is -5.12. The second-order valence-electron chi connectivity index (χ2n) is 3.07. The molecule has 0 radical (unpaired) electrons. The first-order valence-corrected chi connectivity index (χ1v) is 4.38. The molecule has 1 aromatic rings. The average molecular weight is 233 g/mol. The van der Waals surface area contributed by atoms with Crippen LogP contribution in [0.1, 0.15) is 5.56 Å². The van der Waals surface area contributed by atoms with Gasteiger partial charge < -0.3 is 9.94 Å². The zero-order valence-corrected chi connectivity index (χ0v) is 8.45. The monoisotopic (exact) mass is 233 g/mol. The van der Waals surface area contributed by atoms with Crippen molar-refractivity contribution < 1.29 is 23.1 Å². The van der Waals surface area contributed by atoms with Crippen molar-refractivity contribution in [2.75, 3.05) is 7.11 Å². The Hall–Kier alpha value is -1.72. The molecule has 0 unspecified atom stereocenters. The van der Waals surface area contributed by atoms with Crippen molar-refractivity contribution in [3.63, 3.8) is 0 Å². The Morgan fingerprint density at radius 1 is 1.44 bits per heavy atom. The second kappa shape index (κ2) is 4.87. The van der Waals surface area contributed by atoms with Crippen LogP contribution in [0.3, 0.4) is 0 Å². The lowest BCUT2D eigenvalue weighted by atomic mass is 10.1. The van der Waals surface area contributed by atoms with Gasteiger partial charge in [0.2, 0.25) is 0 Å². The topological polar surface area (TPSA) is 41.8 Å². The van der Waals surface area contributed by atoms with Gasteiger partial charge in [-0.3, -0.25) is 0 Å². The van der Waals surface area contributed by atoms with Gasteiger partial charge in [0, 0.05) is 6.42 Å². The lowest BCUT2D eigenvalue weighted by molar-refractivity contribution is -0.0622. The Morgan fingerprint density at radius 2 is 2.12 bits per heavy atom. The van der Waals surface area contributed by atoms with Crippen molar-refractivity contribution in [1.29, 1.82) is 0 Å². The first-order valence-electron chi connectivity index (χ1n) is 4.38. The predicted octanol–water partition coefficient (Wildman–Crippen LogP) is 2.63. The van der Waals surface area contributed by atoms with E-state index in [0.717, 1.165) is 0 Å². The van der Waals surface area contributed by atoms with E-state index in [4.69, 9.17) is 9.94 Å². The highest BCUT2D eigenvalue weighted by Gasteiger charge is 2.36. The number of hydrogen-bond acceptors (Lipinski definition) is 3. The lowest BCUT2D eigenvalue weighted by Crippen LogP contribution is -2.25. The van der Waals surface area contributed by atoms with Gasteiger partial charge >= 0.3 is 6.18 Å². The SMILES string of the molecule is COc1cccc(C/C(=N/O)C(F)(F)F)c1. The molecule has 6 heteroatoms. The smallest absolute Gasteiger partial charge is 0.433 e. The van der Waals surface area contributed by atoms with E-state index in [2.05, 4.69) is 5.16 Å². The molecule has 0 aromatic heterocycles. The summed E-state index contributed by atoms with van der Waals surface area (Å²) in [4.78, 5) is 0. The third-order valence-corrected chi connectivity index (χ3v) is 1.95. The molecule has 88 valence electrons. The van der Waals surface area contributed by atoms with Crippen LogP contribution in [-0.4, -0.2) is 24.2 Å².